The van der Waals surface area contributed by atoms with Crippen molar-refractivity contribution < 1.29 is 28.0 Å². The lowest BCUT2D eigenvalue weighted by Crippen LogP contribution is -2.12. The van der Waals surface area contributed by atoms with Gasteiger partial charge in [-0.05, 0) is 18.2 Å². The summed E-state index contributed by atoms with van der Waals surface area (Å²) in [6.07, 6.45) is 0. The van der Waals surface area contributed by atoms with E-state index in [2.05, 4.69) is 5.32 Å². The van der Waals surface area contributed by atoms with Crippen LogP contribution in [0.4, 0.5) is 20.2 Å². The van der Waals surface area contributed by atoms with E-state index in [0.29, 0.717) is 0 Å². The summed E-state index contributed by atoms with van der Waals surface area (Å²) in [5.74, 6) is -1.84. The number of nitro benzene ring substituents is 1. The van der Waals surface area contributed by atoms with Gasteiger partial charge in [0.2, 0.25) is 5.91 Å². The number of rotatable bonds is 7. The molecule has 0 radical (unpaired) electrons. The van der Waals surface area contributed by atoms with Gasteiger partial charge in [-0.15, -0.1) is 0 Å². The number of ether oxygens (including phenoxy) is 2. The zero-order valence-corrected chi connectivity index (χ0v) is 13.1. The molecule has 0 unspecified atom stereocenters. The molecular weight excluding hydrogens is 338 g/mol. The number of amides is 1. The lowest BCUT2D eigenvalue weighted by Gasteiger charge is -2.12. The first-order chi connectivity index (χ1) is 11.9. The number of halogens is 2. The van der Waals surface area contributed by atoms with Crippen LogP contribution >= 0.6 is 0 Å². The normalized spacial score (nSPS) is 10.2. The van der Waals surface area contributed by atoms with Gasteiger partial charge in [0.15, 0.2) is 11.6 Å². The summed E-state index contributed by atoms with van der Waals surface area (Å²) in [6.45, 7) is 1.14. The molecule has 0 atom stereocenters. The zero-order valence-electron chi connectivity index (χ0n) is 13.1. The van der Waals surface area contributed by atoms with Gasteiger partial charge < -0.3 is 14.8 Å². The van der Waals surface area contributed by atoms with Crippen molar-refractivity contribution in [3.05, 3.63) is 58.1 Å². The van der Waals surface area contributed by atoms with Crippen molar-refractivity contribution >= 4 is 17.3 Å². The Balaban J connectivity index is 1.94. The van der Waals surface area contributed by atoms with Crippen molar-refractivity contribution in [2.45, 2.75) is 6.92 Å². The third-order valence-electron chi connectivity index (χ3n) is 2.98. The van der Waals surface area contributed by atoms with Crippen LogP contribution in [-0.4, -0.2) is 24.0 Å². The van der Waals surface area contributed by atoms with Crippen molar-refractivity contribution in [2.24, 2.45) is 0 Å². The number of anilines is 1. The van der Waals surface area contributed by atoms with E-state index in [1.165, 1.54) is 19.1 Å². The van der Waals surface area contributed by atoms with Gasteiger partial charge in [-0.2, -0.15) is 0 Å². The number of nitrogens with zero attached hydrogens (tertiary/aromatic N) is 1. The molecule has 0 saturated carbocycles. The van der Waals surface area contributed by atoms with Crippen molar-refractivity contribution in [3.63, 3.8) is 0 Å². The molecule has 0 aromatic heterocycles. The van der Waals surface area contributed by atoms with Gasteiger partial charge in [0.05, 0.1) is 16.7 Å². The fourth-order valence-corrected chi connectivity index (χ4v) is 1.93. The third kappa shape index (κ3) is 5.13. The van der Waals surface area contributed by atoms with Crippen molar-refractivity contribution in [3.8, 4) is 11.5 Å². The number of carbonyl (C=O) groups is 1. The van der Waals surface area contributed by atoms with Gasteiger partial charge in [-0.25, -0.2) is 8.78 Å². The van der Waals surface area contributed by atoms with Gasteiger partial charge in [-0.1, -0.05) is 0 Å². The third-order valence-corrected chi connectivity index (χ3v) is 2.98. The highest BCUT2D eigenvalue weighted by molar-refractivity contribution is 5.90. The second-order valence-electron chi connectivity index (χ2n) is 4.89. The quantitative estimate of drug-likeness (QED) is 0.469. The first-order valence-corrected chi connectivity index (χ1v) is 7.13. The number of hydrogen-bond acceptors (Lipinski definition) is 5. The maximum Gasteiger partial charge on any atom is 0.272 e. The maximum atomic E-state index is 13.7. The molecule has 0 saturated heterocycles. The average Bonchev–Trinajstić information content (AvgIpc) is 2.54. The van der Waals surface area contributed by atoms with Crippen LogP contribution in [0.5, 0.6) is 11.5 Å². The molecule has 2 rings (SSSR count). The zero-order chi connectivity index (χ0) is 18.4. The van der Waals surface area contributed by atoms with E-state index in [0.717, 1.165) is 24.3 Å². The minimum atomic E-state index is -0.876. The summed E-state index contributed by atoms with van der Waals surface area (Å²) in [5, 5.41) is 13.0. The van der Waals surface area contributed by atoms with Crippen LogP contribution < -0.4 is 14.8 Å². The molecule has 0 fully saturated rings. The number of hydrogen-bond donors (Lipinski definition) is 1. The summed E-state index contributed by atoms with van der Waals surface area (Å²) >= 11 is 0. The van der Waals surface area contributed by atoms with Crippen LogP contribution in [-0.2, 0) is 4.79 Å². The number of nitrogens with one attached hydrogen (secondary N) is 1. The SMILES string of the molecule is CC(=O)Nc1ccc(F)cc1OCCOc1ccc([N+](=O)[O-])cc1F. The summed E-state index contributed by atoms with van der Waals surface area (Å²) in [5.41, 5.74) is -0.101. The van der Waals surface area contributed by atoms with Crippen molar-refractivity contribution in [1.29, 1.82) is 0 Å². The smallest absolute Gasteiger partial charge is 0.272 e. The molecule has 1 amide bonds. The Morgan fingerprint density at radius 2 is 1.80 bits per heavy atom. The Morgan fingerprint density at radius 3 is 2.40 bits per heavy atom. The van der Waals surface area contributed by atoms with Gasteiger partial charge in [0.25, 0.3) is 5.69 Å². The van der Waals surface area contributed by atoms with Gasteiger partial charge in [-0.3, -0.25) is 14.9 Å². The van der Waals surface area contributed by atoms with Crippen LogP contribution in [0.15, 0.2) is 36.4 Å². The largest absolute Gasteiger partial charge is 0.488 e. The summed E-state index contributed by atoms with van der Waals surface area (Å²) in [7, 11) is 0. The number of benzene rings is 2. The Morgan fingerprint density at radius 1 is 1.12 bits per heavy atom. The second-order valence-corrected chi connectivity index (χ2v) is 4.89. The summed E-state index contributed by atoms with van der Waals surface area (Å²) < 4.78 is 37.4. The van der Waals surface area contributed by atoms with E-state index >= 15 is 0 Å². The van der Waals surface area contributed by atoms with E-state index in [1.54, 1.807) is 0 Å². The highest BCUT2D eigenvalue weighted by atomic mass is 19.1. The number of nitro groups is 1. The monoisotopic (exact) mass is 352 g/mol. The van der Waals surface area contributed by atoms with Crippen molar-refractivity contribution in [2.75, 3.05) is 18.5 Å². The predicted molar refractivity (Wildman–Crippen MR) is 84.7 cm³/mol. The van der Waals surface area contributed by atoms with E-state index < -0.39 is 16.6 Å². The van der Waals surface area contributed by atoms with Crippen LogP contribution in [0.25, 0.3) is 0 Å². The van der Waals surface area contributed by atoms with Crippen molar-refractivity contribution in [1.82, 2.24) is 0 Å². The number of carbonyl (C=O) groups excluding carboxylic acids is 1. The molecular formula is C16H14F2N2O5. The highest BCUT2D eigenvalue weighted by Crippen LogP contribution is 2.26. The van der Waals surface area contributed by atoms with Crippen LogP contribution in [0.2, 0.25) is 0 Å². The molecule has 0 bridgehead atoms. The van der Waals surface area contributed by atoms with E-state index in [9.17, 15) is 23.7 Å². The standard InChI is InChI=1S/C16H14F2N2O5/c1-10(21)19-14-4-2-11(17)8-16(14)25-7-6-24-15-5-3-12(20(22)23)9-13(15)18/h2-5,8-9H,6-7H2,1H3,(H,19,21). The molecule has 1 N–H and O–H groups in total. The summed E-state index contributed by atoms with van der Waals surface area (Å²) in [4.78, 5) is 20.9. The molecule has 2 aromatic carbocycles. The van der Waals surface area contributed by atoms with E-state index in [-0.39, 0.29) is 42.0 Å². The van der Waals surface area contributed by atoms with E-state index in [4.69, 9.17) is 9.47 Å². The molecule has 0 spiro atoms. The maximum absolute atomic E-state index is 13.7. The minimum Gasteiger partial charge on any atom is -0.488 e. The van der Waals surface area contributed by atoms with Gasteiger partial charge >= 0.3 is 0 Å². The van der Waals surface area contributed by atoms with Gasteiger partial charge in [0, 0.05) is 19.1 Å². The molecule has 0 aliphatic rings. The first-order valence-electron chi connectivity index (χ1n) is 7.13. The molecule has 25 heavy (non-hydrogen) atoms. The fraction of sp³-hybridized carbons (Fsp3) is 0.188. The molecule has 9 heteroatoms. The van der Waals surface area contributed by atoms with Gasteiger partial charge in [0.1, 0.15) is 24.8 Å². The molecule has 2 aromatic rings. The number of non-ortho nitro benzene ring substituents is 1. The molecule has 0 heterocycles. The first kappa shape index (κ1) is 18.1. The predicted octanol–water partition coefficient (Wildman–Crippen LogP) is 3.29. The average molecular weight is 352 g/mol. The second kappa shape index (κ2) is 8.04. The van der Waals surface area contributed by atoms with Crippen LogP contribution in [0, 0.1) is 21.7 Å². The molecule has 0 aliphatic carbocycles. The summed E-state index contributed by atoms with van der Waals surface area (Å²) in [6, 6.07) is 6.61. The highest BCUT2D eigenvalue weighted by Gasteiger charge is 2.12. The molecule has 132 valence electrons. The van der Waals surface area contributed by atoms with E-state index in [1.807, 2.05) is 0 Å². The lowest BCUT2D eigenvalue weighted by atomic mass is 10.3. The van der Waals surface area contributed by atoms with Crippen LogP contribution in [0.3, 0.4) is 0 Å². The lowest BCUT2D eigenvalue weighted by molar-refractivity contribution is -0.385. The Hall–Kier alpha value is -3.23. The Bertz CT molecular complexity index is 798. The Kier molecular flexibility index (Phi) is 5.83. The Labute approximate surface area is 141 Å². The topological polar surface area (TPSA) is 90.7 Å². The fourth-order valence-electron chi connectivity index (χ4n) is 1.93. The van der Waals surface area contributed by atoms with Crippen LogP contribution in [0.1, 0.15) is 6.92 Å². The molecule has 0 aliphatic heterocycles. The molecule has 7 nitrogen and oxygen atoms in total. The minimum absolute atomic E-state index is 0.0630.